The molecular weight excluding hydrogens is 298 g/mol. The van der Waals surface area contributed by atoms with Crippen LogP contribution in [0.25, 0.3) is 0 Å². The van der Waals surface area contributed by atoms with Gasteiger partial charge in [0.05, 0.1) is 12.2 Å². The maximum atomic E-state index is 12.6. The summed E-state index contributed by atoms with van der Waals surface area (Å²) in [5, 5.41) is 7.70. The van der Waals surface area contributed by atoms with Crippen LogP contribution in [0.5, 0.6) is 0 Å². The molecule has 1 aromatic carbocycles. The lowest BCUT2D eigenvalue weighted by Gasteiger charge is -2.10. The summed E-state index contributed by atoms with van der Waals surface area (Å²) in [4.78, 5) is 12.6. The van der Waals surface area contributed by atoms with Gasteiger partial charge in [0, 0.05) is 11.4 Å². The summed E-state index contributed by atoms with van der Waals surface area (Å²) in [6, 6.07) is 6.19. The van der Waals surface area contributed by atoms with Gasteiger partial charge in [-0.25, -0.2) is 4.68 Å². The second-order valence-electron chi connectivity index (χ2n) is 6.58. The van der Waals surface area contributed by atoms with Crippen LogP contribution in [0, 0.1) is 27.7 Å². The van der Waals surface area contributed by atoms with E-state index in [2.05, 4.69) is 43.3 Å². The number of hydrogen-bond acceptors (Lipinski definition) is 3. The van der Waals surface area contributed by atoms with E-state index in [1.807, 2.05) is 19.9 Å². The van der Waals surface area contributed by atoms with E-state index in [-0.39, 0.29) is 12.5 Å². The molecule has 0 saturated carbocycles. The largest absolute Gasteiger partial charge is 0.376 e. The Kier molecular flexibility index (Phi) is 6.18. The molecule has 0 fully saturated rings. The van der Waals surface area contributed by atoms with Crippen LogP contribution in [0.4, 0.5) is 5.69 Å². The number of hydrogen-bond donors (Lipinski definition) is 1. The standard InChI is InChI=1S/C20H29N3O/c1-6-7-8-9-18-16(4)22-23(17(18)5)20(24)13-21-19-11-10-14(2)12-15(19)3/h10-12,21H,6-9,13H2,1-5H3. The molecule has 0 saturated heterocycles. The first-order valence-electron chi connectivity index (χ1n) is 8.83. The van der Waals surface area contributed by atoms with Crippen LogP contribution in [-0.2, 0) is 6.42 Å². The number of benzene rings is 1. The second-order valence-corrected chi connectivity index (χ2v) is 6.58. The third-order valence-electron chi connectivity index (χ3n) is 4.52. The first-order chi connectivity index (χ1) is 11.4. The van der Waals surface area contributed by atoms with Crippen molar-refractivity contribution in [3.05, 3.63) is 46.3 Å². The Morgan fingerprint density at radius 3 is 2.58 bits per heavy atom. The minimum atomic E-state index is -0.0164. The minimum Gasteiger partial charge on any atom is -0.376 e. The van der Waals surface area contributed by atoms with E-state index in [4.69, 9.17) is 0 Å². The molecule has 24 heavy (non-hydrogen) atoms. The molecule has 0 unspecified atom stereocenters. The molecule has 2 rings (SSSR count). The van der Waals surface area contributed by atoms with Gasteiger partial charge in [-0.2, -0.15) is 5.10 Å². The van der Waals surface area contributed by atoms with Gasteiger partial charge >= 0.3 is 0 Å². The van der Waals surface area contributed by atoms with Crippen molar-refractivity contribution in [3.8, 4) is 0 Å². The van der Waals surface area contributed by atoms with Gasteiger partial charge in [0.1, 0.15) is 0 Å². The molecule has 2 aromatic rings. The summed E-state index contributed by atoms with van der Waals surface area (Å²) in [5.74, 6) is -0.0164. The molecule has 4 heteroatoms. The molecule has 0 spiro atoms. The van der Waals surface area contributed by atoms with E-state index < -0.39 is 0 Å². The molecule has 0 atom stereocenters. The summed E-state index contributed by atoms with van der Waals surface area (Å²) in [6.07, 6.45) is 4.57. The van der Waals surface area contributed by atoms with E-state index in [0.717, 1.165) is 35.5 Å². The lowest BCUT2D eigenvalue weighted by molar-refractivity contribution is 0.0910. The van der Waals surface area contributed by atoms with Crippen LogP contribution in [0.3, 0.4) is 0 Å². The summed E-state index contributed by atoms with van der Waals surface area (Å²) < 4.78 is 1.56. The summed E-state index contributed by atoms with van der Waals surface area (Å²) in [5.41, 5.74) is 6.55. The van der Waals surface area contributed by atoms with Crippen molar-refractivity contribution in [1.82, 2.24) is 9.78 Å². The summed E-state index contributed by atoms with van der Waals surface area (Å²) in [6.45, 7) is 10.6. The van der Waals surface area contributed by atoms with Crippen LogP contribution < -0.4 is 5.32 Å². The molecule has 0 aliphatic heterocycles. The number of aromatic nitrogens is 2. The third kappa shape index (κ3) is 4.25. The molecule has 0 amide bonds. The predicted octanol–water partition coefficient (Wildman–Crippen LogP) is 4.60. The topological polar surface area (TPSA) is 46.9 Å². The molecule has 0 aliphatic carbocycles. The number of rotatable bonds is 7. The highest BCUT2D eigenvalue weighted by atomic mass is 16.2. The highest BCUT2D eigenvalue weighted by Crippen LogP contribution is 2.18. The van der Waals surface area contributed by atoms with Crippen molar-refractivity contribution in [2.75, 3.05) is 11.9 Å². The van der Waals surface area contributed by atoms with Crippen molar-refractivity contribution in [2.45, 2.75) is 60.3 Å². The van der Waals surface area contributed by atoms with E-state index in [1.54, 1.807) is 4.68 Å². The van der Waals surface area contributed by atoms with E-state index in [9.17, 15) is 4.79 Å². The van der Waals surface area contributed by atoms with Gasteiger partial charge in [-0.15, -0.1) is 0 Å². The highest BCUT2D eigenvalue weighted by Gasteiger charge is 2.16. The van der Waals surface area contributed by atoms with E-state index >= 15 is 0 Å². The first kappa shape index (κ1) is 18.2. The summed E-state index contributed by atoms with van der Waals surface area (Å²) >= 11 is 0. The van der Waals surface area contributed by atoms with Gasteiger partial charge in [-0.05, 0) is 57.7 Å². The van der Waals surface area contributed by atoms with Gasteiger partial charge in [0.25, 0.3) is 5.91 Å². The number of carbonyl (C=O) groups excluding carboxylic acids is 1. The fraction of sp³-hybridized carbons (Fsp3) is 0.500. The molecular formula is C20H29N3O. The monoisotopic (exact) mass is 327 g/mol. The number of nitrogens with zero attached hydrogens (tertiary/aromatic N) is 2. The minimum absolute atomic E-state index is 0.0164. The third-order valence-corrected chi connectivity index (χ3v) is 4.52. The Morgan fingerprint density at radius 2 is 1.92 bits per heavy atom. The molecule has 4 nitrogen and oxygen atoms in total. The molecule has 1 heterocycles. The van der Waals surface area contributed by atoms with Gasteiger partial charge in [0.15, 0.2) is 0 Å². The summed E-state index contributed by atoms with van der Waals surface area (Å²) in [7, 11) is 0. The van der Waals surface area contributed by atoms with Crippen LogP contribution in [0.1, 0.15) is 59.1 Å². The van der Waals surface area contributed by atoms with Crippen molar-refractivity contribution >= 4 is 11.6 Å². The Morgan fingerprint density at radius 1 is 1.17 bits per heavy atom. The lowest BCUT2D eigenvalue weighted by Crippen LogP contribution is -2.23. The molecule has 1 aromatic heterocycles. The zero-order valence-electron chi connectivity index (χ0n) is 15.6. The Labute approximate surface area is 145 Å². The van der Waals surface area contributed by atoms with Crippen molar-refractivity contribution in [3.63, 3.8) is 0 Å². The fourth-order valence-electron chi connectivity index (χ4n) is 3.09. The second kappa shape index (κ2) is 8.13. The van der Waals surface area contributed by atoms with Crippen molar-refractivity contribution in [1.29, 1.82) is 0 Å². The normalized spacial score (nSPS) is 10.9. The van der Waals surface area contributed by atoms with Gasteiger partial charge in [-0.3, -0.25) is 4.79 Å². The van der Waals surface area contributed by atoms with Crippen molar-refractivity contribution < 1.29 is 4.79 Å². The van der Waals surface area contributed by atoms with Gasteiger partial charge in [-0.1, -0.05) is 37.5 Å². The van der Waals surface area contributed by atoms with Crippen LogP contribution in [0.2, 0.25) is 0 Å². The lowest BCUT2D eigenvalue weighted by atomic mass is 10.1. The van der Waals surface area contributed by atoms with Crippen LogP contribution in [-0.4, -0.2) is 22.2 Å². The molecule has 0 radical (unpaired) electrons. The molecule has 0 bridgehead atoms. The van der Waals surface area contributed by atoms with Crippen molar-refractivity contribution in [2.24, 2.45) is 0 Å². The number of nitrogens with one attached hydrogen (secondary N) is 1. The average molecular weight is 327 g/mol. The number of unbranched alkanes of at least 4 members (excludes halogenated alkanes) is 2. The zero-order chi connectivity index (χ0) is 17.7. The van der Waals surface area contributed by atoms with Gasteiger partial charge in [0.2, 0.25) is 0 Å². The zero-order valence-corrected chi connectivity index (χ0v) is 15.6. The predicted molar refractivity (Wildman–Crippen MR) is 100.0 cm³/mol. The Hall–Kier alpha value is -2.10. The fourth-order valence-corrected chi connectivity index (χ4v) is 3.09. The first-order valence-corrected chi connectivity index (χ1v) is 8.83. The van der Waals surface area contributed by atoms with Crippen LogP contribution in [0.15, 0.2) is 18.2 Å². The van der Waals surface area contributed by atoms with Crippen LogP contribution >= 0.6 is 0 Å². The Balaban J connectivity index is 2.05. The smallest absolute Gasteiger partial charge is 0.266 e. The SMILES string of the molecule is CCCCCc1c(C)nn(C(=O)CNc2ccc(C)cc2C)c1C. The average Bonchev–Trinajstić information content (AvgIpc) is 2.82. The number of anilines is 1. The molecule has 0 aliphatic rings. The van der Waals surface area contributed by atoms with E-state index in [0.29, 0.717) is 0 Å². The maximum absolute atomic E-state index is 12.6. The Bertz CT molecular complexity index is 716. The quantitative estimate of drug-likeness (QED) is 0.756. The molecule has 130 valence electrons. The maximum Gasteiger partial charge on any atom is 0.266 e. The number of carbonyl (C=O) groups is 1. The van der Waals surface area contributed by atoms with E-state index in [1.165, 1.54) is 24.0 Å². The molecule has 1 N–H and O–H groups in total. The highest BCUT2D eigenvalue weighted by molar-refractivity contribution is 5.83. The van der Waals surface area contributed by atoms with Gasteiger partial charge < -0.3 is 5.32 Å². The number of aryl methyl sites for hydroxylation is 3.